The normalized spacial score (nSPS) is 24.8. The largest absolute Gasteiger partial charge is 0.347 e. The molecule has 0 bridgehead atoms. The van der Waals surface area contributed by atoms with Crippen molar-refractivity contribution in [3.8, 4) is 0 Å². The van der Waals surface area contributed by atoms with Gasteiger partial charge in [-0.2, -0.15) is 0 Å². The minimum Gasteiger partial charge on any atom is -0.347 e. The summed E-state index contributed by atoms with van der Waals surface area (Å²) in [5.41, 5.74) is 1.20. The van der Waals surface area contributed by atoms with Crippen molar-refractivity contribution in [2.24, 2.45) is 0 Å². The van der Waals surface area contributed by atoms with Crippen molar-refractivity contribution in [2.45, 2.75) is 19.5 Å². The summed E-state index contributed by atoms with van der Waals surface area (Å²) in [7, 11) is 0. The Morgan fingerprint density at radius 3 is 3.31 bits per heavy atom. The lowest BCUT2D eigenvalue weighted by Gasteiger charge is -2.31. The quantitative estimate of drug-likeness (QED) is 0.683. The Kier molecular flexibility index (Phi) is 2.61. The molecule has 0 unspecified atom stereocenters. The number of H-pyrrole nitrogens is 1. The van der Waals surface area contributed by atoms with E-state index >= 15 is 0 Å². The standard InChI is InChI=1S/C9H16N4/c1-8-5-13(3-2-11-8)6-9-4-10-7-12-9/h4,7-8,11H,2-3,5-6H2,1H3,(H,10,12)/t8-/m1/s1. The van der Waals surface area contributed by atoms with Crippen LogP contribution in [0.5, 0.6) is 0 Å². The van der Waals surface area contributed by atoms with Gasteiger partial charge in [-0.25, -0.2) is 4.98 Å². The van der Waals surface area contributed by atoms with Gasteiger partial charge in [0.15, 0.2) is 0 Å². The minimum atomic E-state index is 0.608. The minimum absolute atomic E-state index is 0.608. The van der Waals surface area contributed by atoms with Crippen LogP contribution in [0.4, 0.5) is 0 Å². The summed E-state index contributed by atoms with van der Waals surface area (Å²) < 4.78 is 0. The van der Waals surface area contributed by atoms with Crippen molar-refractivity contribution in [2.75, 3.05) is 19.6 Å². The van der Waals surface area contributed by atoms with E-state index in [1.807, 2.05) is 6.20 Å². The monoisotopic (exact) mass is 180 g/mol. The van der Waals surface area contributed by atoms with Crippen molar-refractivity contribution in [1.29, 1.82) is 0 Å². The van der Waals surface area contributed by atoms with Gasteiger partial charge in [0.2, 0.25) is 0 Å². The molecule has 4 nitrogen and oxygen atoms in total. The maximum absolute atomic E-state index is 4.01. The van der Waals surface area contributed by atoms with Crippen molar-refractivity contribution >= 4 is 0 Å². The molecule has 0 saturated carbocycles. The molecule has 13 heavy (non-hydrogen) atoms. The van der Waals surface area contributed by atoms with Crippen molar-refractivity contribution in [1.82, 2.24) is 20.2 Å². The van der Waals surface area contributed by atoms with Crippen LogP contribution in [-0.2, 0) is 6.54 Å². The van der Waals surface area contributed by atoms with Crippen LogP contribution in [0, 0.1) is 0 Å². The zero-order valence-electron chi connectivity index (χ0n) is 7.95. The summed E-state index contributed by atoms with van der Waals surface area (Å²) >= 11 is 0. The topological polar surface area (TPSA) is 44.0 Å². The van der Waals surface area contributed by atoms with E-state index < -0.39 is 0 Å². The first-order valence-electron chi connectivity index (χ1n) is 4.77. The third-order valence-electron chi connectivity index (χ3n) is 2.40. The number of aromatic nitrogens is 2. The van der Waals surface area contributed by atoms with E-state index in [0.717, 1.165) is 26.2 Å². The summed E-state index contributed by atoms with van der Waals surface area (Å²) in [6.07, 6.45) is 3.63. The number of rotatable bonds is 2. The fourth-order valence-electron chi connectivity index (χ4n) is 1.77. The fraction of sp³-hybridized carbons (Fsp3) is 0.667. The summed E-state index contributed by atoms with van der Waals surface area (Å²) in [6.45, 7) is 6.56. The molecule has 1 fully saturated rings. The Morgan fingerprint density at radius 2 is 2.62 bits per heavy atom. The van der Waals surface area contributed by atoms with Crippen molar-refractivity contribution in [3.05, 3.63) is 18.2 Å². The molecule has 0 aromatic carbocycles. The fourth-order valence-corrected chi connectivity index (χ4v) is 1.77. The molecule has 2 N–H and O–H groups in total. The Labute approximate surface area is 78.4 Å². The first-order valence-corrected chi connectivity index (χ1v) is 4.77. The molecule has 0 radical (unpaired) electrons. The predicted molar refractivity (Wildman–Crippen MR) is 51.3 cm³/mol. The van der Waals surface area contributed by atoms with Crippen LogP contribution < -0.4 is 5.32 Å². The molecule has 1 aromatic rings. The van der Waals surface area contributed by atoms with E-state index in [0.29, 0.717) is 6.04 Å². The van der Waals surface area contributed by atoms with Gasteiger partial charge in [-0.15, -0.1) is 0 Å². The molecule has 1 saturated heterocycles. The molecule has 1 atom stereocenters. The zero-order valence-corrected chi connectivity index (χ0v) is 7.95. The Bertz CT molecular complexity index is 244. The van der Waals surface area contributed by atoms with Crippen LogP contribution in [0.15, 0.2) is 12.5 Å². The Hall–Kier alpha value is -0.870. The van der Waals surface area contributed by atoms with Crippen LogP contribution in [-0.4, -0.2) is 40.5 Å². The second kappa shape index (κ2) is 3.89. The number of nitrogens with one attached hydrogen (secondary N) is 2. The highest BCUT2D eigenvalue weighted by molar-refractivity contribution is 4.94. The second-order valence-electron chi connectivity index (χ2n) is 3.67. The van der Waals surface area contributed by atoms with Gasteiger partial charge in [0.25, 0.3) is 0 Å². The average Bonchev–Trinajstić information content (AvgIpc) is 2.57. The molecule has 0 spiro atoms. The highest BCUT2D eigenvalue weighted by Gasteiger charge is 2.15. The lowest BCUT2D eigenvalue weighted by molar-refractivity contribution is 0.198. The van der Waals surface area contributed by atoms with Crippen LogP contribution in [0.3, 0.4) is 0 Å². The van der Waals surface area contributed by atoms with Crippen molar-refractivity contribution < 1.29 is 0 Å². The van der Waals surface area contributed by atoms with Gasteiger partial charge in [-0.3, -0.25) is 4.90 Å². The van der Waals surface area contributed by atoms with Crippen molar-refractivity contribution in [3.63, 3.8) is 0 Å². The maximum Gasteiger partial charge on any atom is 0.0922 e. The molecule has 2 rings (SSSR count). The van der Waals surface area contributed by atoms with Crippen LogP contribution in [0.1, 0.15) is 12.6 Å². The molecule has 0 amide bonds. The third kappa shape index (κ3) is 2.29. The number of nitrogens with zero attached hydrogens (tertiary/aromatic N) is 2. The summed E-state index contributed by atoms with van der Waals surface area (Å²) in [5, 5.41) is 3.42. The van der Waals surface area contributed by atoms with E-state index in [4.69, 9.17) is 0 Å². The predicted octanol–water partition coefficient (Wildman–Crippen LogP) is 0.203. The highest BCUT2D eigenvalue weighted by atomic mass is 15.2. The first-order chi connectivity index (χ1) is 6.34. The Balaban J connectivity index is 1.87. The summed E-state index contributed by atoms with van der Waals surface area (Å²) in [5.74, 6) is 0. The lowest BCUT2D eigenvalue weighted by Crippen LogP contribution is -2.48. The average molecular weight is 180 g/mol. The molecule has 2 heterocycles. The molecule has 0 aliphatic carbocycles. The van der Waals surface area contributed by atoms with Crippen LogP contribution in [0.2, 0.25) is 0 Å². The smallest absolute Gasteiger partial charge is 0.0922 e. The number of aromatic amines is 1. The van der Waals surface area contributed by atoms with Gasteiger partial charge in [-0.05, 0) is 6.92 Å². The van der Waals surface area contributed by atoms with Crippen LogP contribution >= 0.6 is 0 Å². The van der Waals surface area contributed by atoms with E-state index in [2.05, 4.69) is 27.1 Å². The molecule has 1 aliphatic heterocycles. The van der Waals surface area contributed by atoms with E-state index in [-0.39, 0.29) is 0 Å². The van der Waals surface area contributed by atoms with Gasteiger partial charge < -0.3 is 10.3 Å². The number of hydrogen-bond acceptors (Lipinski definition) is 3. The second-order valence-corrected chi connectivity index (χ2v) is 3.67. The van der Waals surface area contributed by atoms with E-state index in [1.165, 1.54) is 5.69 Å². The maximum atomic E-state index is 4.01. The highest BCUT2D eigenvalue weighted by Crippen LogP contribution is 2.03. The first kappa shape index (κ1) is 8.72. The van der Waals surface area contributed by atoms with E-state index in [1.54, 1.807) is 6.33 Å². The zero-order chi connectivity index (χ0) is 9.10. The number of hydrogen-bond donors (Lipinski definition) is 2. The molecular formula is C9H16N4. The number of piperazine rings is 1. The van der Waals surface area contributed by atoms with Gasteiger partial charge in [0.05, 0.1) is 6.33 Å². The van der Waals surface area contributed by atoms with E-state index in [9.17, 15) is 0 Å². The van der Waals surface area contributed by atoms with Gasteiger partial charge in [-0.1, -0.05) is 0 Å². The molecule has 4 heteroatoms. The molecule has 1 aromatic heterocycles. The summed E-state index contributed by atoms with van der Waals surface area (Å²) in [4.78, 5) is 9.57. The Morgan fingerprint density at radius 1 is 1.69 bits per heavy atom. The van der Waals surface area contributed by atoms with Crippen LogP contribution in [0.25, 0.3) is 0 Å². The van der Waals surface area contributed by atoms with Gasteiger partial charge in [0, 0.05) is 44.1 Å². The molecular weight excluding hydrogens is 164 g/mol. The van der Waals surface area contributed by atoms with Gasteiger partial charge >= 0.3 is 0 Å². The lowest BCUT2D eigenvalue weighted by atomic mass is 10.2. The SMILES string of the molecule is C[C@@H]1CN(Cc2cnc[nH]2)CCN1. The molecule has 1 aliphatic rings. The van der Waals surface area contributed by atoms with Gasteiger partial charge in [0.1, 0.15) is 0 Å². The summed E-state index contributed by atoms with van der Waals surface area (Å²) in [6, 6.07) is 0.608. The third-order valence-corrected chi connectivity index (χ3v) is 2.40. The number of imidazole rings is 1. The molecule has 72 valence electrons.